The van der Waals surface area contributed by atoms with Crippen molar-refractivity contribution in [2.24, 2.45) is 0 Å². The second kappa shape index (κ2) is 11.6. The molecule has 1 N–H and O–H groups in total. The number of carbonyl (C=O) groups excluding carboxylic acids is 1. The monoisotopic (exact) mass is 435 g/mol. The molecule has 32 heavy (non-hydrogen) atoms. The predicted octanol–water partition coefficient (Wildman–Crippen LogP) is 4.91. The molecule has 0 spiro atoms. The van der Waals surface area contributed by atoms with Gasteiger partial charge in [0.25, 0.3) is 0 Å². The molecule has 1 amide bonds. The van der Waals surface area contributed by atoms with Crippen LogP contribution in [-0.2, 0) is 4.79 Å². The lowest BCUT2D eigenvalue weighted by Crippen LogP contribution is -2.40. The standard InChI is InChI=1S/C25H23F2N3O2/c26-25(27)32-22-14-12-20(13-15-22)24(19-8-3-1-4-9-19)29-18-23(31)30(17-7-16-28)21-10-5-2-6-11-21/h1-6,8-15,24-25,29H,7,17-18H2. The number of anilines is 1. The summed E-state index contributed by atoms with van der Waals surface area (Å²) in [5, 5.41) is 12.3. The fourth-order valence-electron chi connectivity index (χ4n) is 3.37. The number of halogens is 2. The van der Waals surface area contributed by atoms with Crippen LogP contribution < -0.4 is 15.0 Å². The van der Waals surface area contributed by atoms with E-state index >= 15 is 0 Å². The molecule has 0 fully saturated rings. The molecular formula is C25H23F2N3O2. The maximum Gasteiger partial charge on any atom is 0.387 e. The summed E-state index contributed by atoms with van der Waals surface area (Å²) >= 11 is 0. The van der Waals surface area contributed by atoms with E-state index in [9.17, 15) is 13.6 Å². The number of nitriles is 1. The summed E-state index contributed by atoms with van der Waals surface area (Å²) in [6.45, 7) is -2.58. The molecule has 164 valence electrons. The van der Waals surface area contributed by atoms with Crippen molar-refractivity contribution in [3.8, 4) is 11.8 Å². The molecule has 0 saturated carbocycles. The topological polar surface area (TPSA) is 65.4 Å². The van der Waals surface area contributed by atoms with Gasteiger partial charge in [-0.2, -0.15) is 14.0 Å². The Labute approximate surface area is 185 Å². The van der Waals surface area contributed by atoms with Crippen LogP contribution >= 0.6 is 0 Å². The molecule has 0 aliphatic carbocycles. The van der Waals surface area contributed by atoms with Crippen LogP contribution in [-0.4, -0.2) is 25.6 Å². The van der Waals surface area contributed by atoms with Gasteiger partial charge in [0.05, 0.1) is 25.1 Å². The van der Waals surface area contributed by atoms with E-state index in [2.05, 4.69) is 16.1 Å². The Bertz CT molecular complexity index is 1020. The Balaban J connectivity index is 1.79. The third-order valence-electron chi connectivity index (χ3n) is 4.85. The van der Waals surface area contributed by atoms with Crippen LogP contribution in [0.4, 0.5) is 14.5 Å². The first-order valence-electron chi connectivity index (χ1n) is 10.1. The van der Waals surface area contributed by atoms with Crippen molar-refractivity contribution in [3.05, 3.63) is 96.1 Å². The summed E-state index contributed by atoms with van der Waals surface area (Å²) in [4.78, 5) is 14.6. The van der Waals surface area contributed by atoms with Gasteiger partial charge in [-0.15, -0.1) is 0 Å². The third-order valence-corrected chi connectivity index (χ3v) is 4.85. The highest BCUT2D eigenvalue weighted by Gasteiger charge is 2.19. The molecule has 3 aromatic carbocycles. The van der Waals surface area contributed by atoms with Gasteiger partial charge in [-0.25, -0.2) is 0 Å². The van der Waals surface area contributed by atoms with E-state index in [1.165, 1.54) is 12.1 Å². The Morgan fingerprint density at radius 3 is 2.12 bits per heavy atom. The average molecular weight is 435 g/mol. The molecule has 0 aliphatic heterocycles. The van der Waals surface area contributed by atoms with Crippen molar-refractivity contribution < 1.29 is 18.3 Å². The first-order chi connectivity index (χ1) is 15.6. The number of rotatable bonds is 10. The number of hydrogen-bond donors (Lipinski definition) is 1. The lowest BCUT2D eigenvalue weighted by Gasteiger charge is -2.25. The Hall–Kier alpha value is -3.76. The van der Waals surface area contributed by atoms with Crippen LogP contribution in [0, 0.1) is 11.3 Å². The fraction of sp³-hybridized carbons (Fsp3) is 0.200. The van der Waals surface area contributed by atoms with Crippen molar-refractivity contribution >= 4 is 11.6 Å². The molecule has 0 saturated heterocycles. The zero-order valence-electron chi connectivity index (χ0n) is 17.3. The second-order valence-electron chi connectivity index (χ2n) is 6.96. The highest BCUT2D eigenvalue weighted by atomic mass is 19.3. The molecule has 3 rings (SSSR count). The van der Waals surface area contributed by atoms with Crippen LogP contribution in [0.3, 0.4) is 0 Å². The number of ether oxygens (including phenoxy) is 1. The number of amides is 1. The van der Waals surface area contributed by atoms with Gasteiger partial charge < -0.3 is 9.64 Å². The Morgan fingerprint density at radius 2 is 1.53 bits per heavy atom. The molecule has 1 atom stereocenters. The Kier molecular flexibility index (Phi) is 8.29. The minimum atomic E-state index is -2.89. The summed E-state index contributed by atoms with van der Waals surface area (Å²) in [6, 6.07) is 26.8. The molecule has 1 unspecified atom stereocenters. The van der Waals surface area contributed by atoms with Crippen LogP contribution in [0.25, 0.3) is 0 Å². The van der Waals surface area contributed by atoms with Gasteiger partial charge in [0.15, 0.2) is 0 Å². The number of nitrogens with one attached hydrogen (secondary N) is 1. The maximum atomic E-state index is 13.0. The normalized spacial score (nSPS) is 11.6. The number of benzene rings is 3. The summed E-state index contributed by atoms with van der Waals surface area (Å²) in [5.74, 6) is -0.108. The third kappa shape index (κ3) is 6.37. The first kappa shape index (κ1) is 22.9. The van der Waals surface area contributed by atoms with Crippen molar-refractivity contribution in [2.75, 3.05) is 18.0 Å². The van der Waals surface area contributed by atoms with E-state index in [4.69, 9.17) is 5.26 Å². The number of nitrogens with zero attached hydrogens (tertiary/aromatic N) is 2. The number of carbonyl (C=O) groups is 1. The summed E-state index contributed by atoms with van der Waals surface area (Å²) in [7, 11) is 0. The molecule has 3 aromatic rings. The van der Waals surface area contributed by atoms with Crippen molar-refractivity contribution in [1.29, 1.82) is 5.26 Å². The predicted molar refractivity (Wildman–Crippen MR) is 118 cm³/mol. The van der Waals surface area contributed by atoms with Crippen molar-refractivity contribution in [2.45, 2.75) is 19.1 Å². The smallest absolute Gasteiger partial charge is 0.387 e. The quantitative estimate of drug-likeness (QED) is 0.491. The lowest BCUT2D eigenvalue weighted by molar-refractivity contribution is -0.117. The highest BCUT2D eigenvalue weighted by molar-refractivity contribution is 5.94. The van der Waals surface area contributed by atoms with Crippen LogP contribution in [0.1, 0.15) is 23.6 Å². The fourth-order valence-corrected chi connectivity index (χ4v) is 3.37. The van der Waals surface area contributed by atoms with E-state index in [1.807, 2.05) is 60.7 Å². The van der Waals surface area contributed by atoms with Crippen LogP contribution in [0.15, 0.2) is 84.9 Å². The number of alkyl halides is 2. The summed E-state index contributed by atoms with van der Waals surface area (Å²) < 4.78 is 29.4. The molecule has 0 bridgehead atoms. The second-order valence-corrected chi connectivity index (χ2v) is 6.96. The van der Waals surface area contributed by atoms with E-state index in [1.54, 1.807) is 17.0 Å². The molecule has 0 aliphatic rings. The lowest BCUT2D eigenvalue weighted by atomic mass is 9.98. The largest absolute Gasteiger partial charge is 0.435 e. The average Bonchev–Trinajstić information content (AvgIpc) is 2.81. The maximum absolute atomic E-state index is 13.0. The Morgan fingerprint density at radius 1 is 0.938 bits per heavy atom. The zero-order chi connectivity index (χ0) is 22.8. The van der Waals surface area contributed by atoms with Gasteiger partial charge in [0.1, 0.15) is 5.75 Å². The van der Waals surface area contributed by atoms with Crippen molar-refractivity contribution in [1.82, 2.24) is 5.32 Å². The molecule has 0 radical (unpaired) electrons. The molecule has 0 heterocycles. The van der Waals surface area contributed by atoms with Crippen molar-refractivity contribution in [3.63, 3.8) is 0 Å². The number of para-hydroxylation sites is 1. The SMILES string of the molecule is N#CCCN(C(=O)CNC(c1ccccc1)c1ccc(OC(F)F)cc1)c1ccccc1. The van der Waals surface area contributed by atoms with Gasteiger partial charge in [-0.05, 0) is 35.4 Å². The number of hydrogen-bond acceptors (Lipinski definition) is 4. The summed E-state index contributed by atoms with van der Waals surface area (Å²) in [5.41, 5.74) is 2.44. The molecule has 7 heteroatoms. The van der Waals surface area contributed by atoms with E-state index in [0.717, 1.165) is 16.8 Å². The molecule has 5 nitrogen and oxygen atoms in total. The molecule has 0 aromatic heterocycles. The van der Waals surface area contributed by atoms with Gasteiger partial charge in [-0.1, -0.05) is 60.7 Å². The summed E-state index contributed by atoms with van der Waals surface area (Å²) in [6.07, 6.45) is 0.217. The van der Waals surface area contributed by atoms with Gasteiger partial charge in [-0.3, -0.25) is 10.1 Å². The van der Waals surface area contributed by atoms with E-state index in [0.29, 0.717) is 0 Å². The zero-order valence-corrected chi connectivity index (χ0v) is 17.3. The van der Waals surface area contributed by atoms with Gasteiger partial charge in [0.2, 0.25) is 5.91 Å². The van der Waals surface area contributed by atoms with E-state index in [-0.39, 0.29) is 37.2 Å². The minimum Gasteiger partial charge on any atom is -0.435 e. The first-order valence-corrected chi connectivity index (χ1v) is 10.1. The minimum absolute atomic E-state index is 0.0230. The molecular weight excluding hydrogens is 412 g/mol. The van der Waals surface area contributed by atoms with Crippen LogP contribution in [0.2, 0.25) is 0 Å². The van der Waals surface area contributed by atoms with Gasteiger partial charge >= 0.3 is 6.61 Å². The van der Waals surface area contributed by atoms with E-state index < -0.39 is 6.61 Å². The highest BCUT2D eigenvalue weighted by Crippen LogP contribution is 2.25. The van der Waals surface area contributed by atoms with Gasteiger partial charge in [0, 0.05) is 12.2 Å². The van der Waals surface area contributed by atoms with Crippen LogP contribution in [0.5, 0.6) is 5.75 Å².